The van der Waals surface area contributed by atoms with E-state index < -0.39 is 17.7 Å². The summed E-state index contributed by atoms with van der Waals surface area (Å²) >= 11 is 0. The minimum Gasteiger partial charge on any atom is -0.202 e. The van der Waals surface area contributed by atoms with Crippen molar-refractivity contribution >= 4 is 0 Å². The summed E-state index contributed by atoms with van der Waals surface area (Å²) in [6.45, 7) is 2.21. The predicted octanol–water partition coefficient (Wildman–Crippen LogP) is 6.75. The third-order valence-corrected chi connectivity index (χ3v) is 5.90. The highest BCUT2D eigenvalue weighted by atomic mass is 19.2. The van der Waals surface area contributed by atoms with Crippen LogP contribution in [0.2, 0.25) is 0 Å². The average molecular weight is 375 g/mol. The summed E-state index contributed by atoms with van der Waals surface area (Å²) in [7, 11) is 0. The topological polar surface area (TPSA) is 12.9 Å². The summed E-state index contributed by atoms with van der Waals surface area (Å²) in [5.41, 5.74) is 3.01. The van der Waals surface area contributed by atoms with Gasteiger partial charge in [-0.1, -0.05) is 37.6 Å². The van der Waals surface area contributed by atoms with Gasteiger partial charge in [-0.3, -0.25) is 0 Å². The first kappa shape index (κ1) is 19.9. The lowest BCUT2D eigenvalue weighted by Gasteiger charge is -2.29. The molecule has 1 nitrogen and oxygen atoms in total. The van der Waals surface area contributed by atoms with Gasteiger partial charge in [-0.25, -0.2) is 4.39 Å². The number of aryl methyl sites for hydroxylation is 2. The number of aromatic nitrogens is 1. The Balaban J connectivity index is 1.48. The smallest absolute Gasteiger partial charge is 0.202 e. The fourth-order valence-corrected chi connectivity index (χ4v) is 4.14. The molecule has 1 aliphatic carbocycles. The highest BCUT2D eigenvalue weighted by molar-refractivity contribution is 5.26. The number of nitrogens with zero attached hydrogens (tertiary/aromatic N) is 1. The Kier molecular flexibility index (Phi) is 6.92. The fourth-order valence-electron chi connectivity index (χ4n) is 4.14. The first-order valence-corrected chi connectivity index (χ1v) is 10.2. The van der Waals surface area contributed by atoms with Gasteiger partial charge in [-0.05, 0) is 80.4 Å². The largest absolute Gasteiger partial charge is 0.251 e. The molecule has 0 radical (unpaired) electrons. The number of hydrogen-bond donors (Lipinski definition) is 0. The summed E-state index contributed by atoms with van der Waals surface area (Å²) in [6, 6.07) is 10.0. The van der Waals surface area contributed by atoms with Gasteiger partial charge in [0.05, 0.1) is 0 Å². The molecule has 1 aliphatic rings. The van der Waals surface area contributed by atoms with Crippen LogP contribution >= 0.6 is 0 Å². The van der Waals surface area contributed by atoms with Crippen molar-refractivity contribution in [2.24, 2.45) is 5.92 Å². The lowest BCUT2D eigenvalue weighted by molar-refractivity contribution is 0.308. The SMILES string of the molecule is CCCCc1ccc([C@H]2CC[C@H](CCc3cc(F)c(F)nc3F)CC2)cc1. The van der Waals surface area contributed by atoms with Crippen LogP contribution in [0.5, 0.6) is 0 Å². The summed E-state index contributed by atoms with van der Waals surface area (Å²) < 4.78 is 39.8. The van der Waals surface area contributed by atoms with Crippen molar-refractivity contribution in [2.75, 3.05) is 0 Å². The Morgan fingerprint density at radius 2 is 1.63 bits per heavy atom. The molecule has 1 saturated carbocycles. The Bertz CT molecular complexity index is 734. The summed E-state index contributed by atoms with van der Waals surface area (Å²) in [4.78, 5) is 3.01. The van der Waals surface area contributed by atoms with Crippen molar-refractivity contribution in [1.82, 2.24) is 4.98 Å². The van der Waals surface area contributed by atoms with Crippen LogP contribution in [-0.2, 0) is 12.8 Å². The normalized spacial score (nSPS) is 20.0. The lowest BCUT2D eigenvalue weighted by atomic mass is 9.77. The van der Waals surface area contributed by atoms with Gasteiger partial charge in [0.2, 0.25) is 5.95 Å². The molecule has 0 atom stereocenters. The van der Waals surface area contributed by atoms with E-state index in [9.17, 15) is 13.2 Å². The molecule has 1 heterocycles. The molecule has 4 heteroatoms. The lowest BCUT2D eigenvalue weighted by Crippen LogP contribution is -2.14. The van der Waals surface area contributed by atoms with E-state index >= 15 is 0 Å². The van der Waals surface area contributed by atoms with Gasteiger partial charge in [0.15, 0.2) is 5.82 Å². The van der Waals surface area contributed by atoms with Crippen molar-refractivity contribution in [3.8, 4) is 0 Å². The van der Waals surface area contributed by atoms with Crippen molar-refractivity contribution in [1.29, 1.82) is 0 Å². The van der Waals surface area contributed by atoms with Crippen molar-refractivity contribution in [3.63, 3.8) is 0 Å². The molecule has 0 aliphatic heterocycles. The molecular weight excluding hydrogens is 347 g/mol. The number of unbranched alkanes of at least 4 members (excludes halogenated alkanes) is 1. The van der Waals surface area contributed by atoms with E-state index in [1.807, 2.05) is 0 Å². The molecule has 2 aromatic rings. The van der Waals surface area contributed by atoms with E-state index in [4.69, 9.17) is 0 Å². The Morgan fingerprint density at radius 3 is 2.30 bits per heavy atom. The Hall–Kier alpha value is -1.84. The zero-order valence-electron chi connectivity index (χ0n) is 16.0. The standard InChI is InChI=1S/C23H28F3N/c1-2-3-4-16-5-10-18(11-6-16)19-12-7-17(8-13-19)9-14-20-15-21(24)23(26)27-22(20)25/h5-6,10-11,15,17,19H,2-4,7-9,12-14H2,1H3/t17-,19-. The molecule has 0 unspecified atom stereocenters. The van der Waals surface area contributed by atoms with E-state index in [0.717, 1.165) is 44.6 Å². The van der Waals surface area contributed by atoms with E-state index in [1.54, 1.807) is 0 Å². The highest BCUT2D eigenvalue weighted by Crippen LogP contribution is 2.37. The zero-order valence-corrected chi connectivity index (χ0v) is 16.0. The first-order chi connectivity index (χ1) is 13.1. The van der Waals surface area contributed by atoms with Crippen molar-refractivity contribution < 1.29 is 13.2 Å². The second-order valence-electron chi connectivity index (χ2n) is 7.81. The van der Waals surface area contributed by atoms with Gasteiger partial charge in [0.25, 0.3) is 5.95 Å². The molecule has 27 heavy (non-hydrogen) atoms. The molecule has 0 saturated heterocycles. The quantitative estimate of drug-likeness (QED) is 0.488. The predicted molar refractivity (Wildman–Crippen MR) is 102 cm³/mol. The molecule has 0 amide bonds. The van der Waals surface area contributed by atoms with Crippen LogP contribution in [0.3, 0.4) is 0 Å². The second-order valence-corrected chi connectivity index (χ2v) is 7.81. The van der Waals surface area contributed by atoms with Gasteiger partial charge in [-0.2, -0.15) is 13.8 Å². The van der Waals surface area contributed by atoms with Crippen molar-refractivity contribution in [2.45, 2.75) is 70.6 Å². The number of pyridine rings is 1. The van der Waals surface area contributed by atoms with Gasteiger partial charge >= 0.3 is 0 Å². The zero-order chi connectivity index (χ0) is 19.2. The van der Waals surface area contributed by atoms with Crippen molar-refractivity contribution in [3.05, 3.63) is 64.7 Å². The van der Waals surface area contributed by atoms with Crippen LogP contribution in [0.25, 0.3) is 0 Å². The molecule has 1 aromatic carbocycles. The van der Waals surface area contributed by atoms with E-state index in [-0.39, 0.29) is 5.56 Å². The molecule has 3 rings (SSSR count). The minimum atomic E-state index is -1.36. The molecule has 1 fully saturated rings. The first-order valence-electron chi connectivity index (χ1n) is 10.2. The maximum absolute atomic E-state index is 13.7. The molecule has 0 bridgehead atoms. The molecule has 1 aromatic heterocycles. The van der Waals surface area contributed by atoms with E-state index in [2.05, 4.69) is 36.2 Å². The maximum atomic E-state index is 13.7. The molecule has 146 valence electrons. The number of halogens is 3. The van der Waals surface area contributed by atoms with Gasteiger partial charge in [0, 0.05) is 5.56 Å². The summed E-state index contributed by atoms with van der Waals surface area (Å²) in [6.07, 6.45) is 9.29. The van der Waals surface area contributed by atoms with Crippen LogP contribution in [0.15, 0.2) is 30.3 Å². The monoisotopic (exact) mass is 375 g/mol. The van der Waals surface area contributed by atoms with Crippen LogP contribution in [0, 0.1) is 23.6 Å². The molecule has 0 N–H and O–H groups in total. The van der Waals surface area contributed by atoms with Crippen LogP contribution in [0.1, 0.15) is 74.5 Å². The number of benzene rings is 1. The van der Waals surface area contributed by atoms with Gasteiger partial charge in [-0.15, -0.1) is 0 Å². The Morgan fingerprint density at radius 1 is 0.926 bits per heavy atom. The number of hydrogen-bond acceptors (Lipinski definition) is 1. The van der Waals surface area contributed by atoms with E-state index in [0.29, 0.717) is 18.3 Å². The summed E-state index contributed by atoms with van der Waals surface area (Å²) in [5.74, 6) is -2.21. The highest BCUT2D eigenvalue weighted by Gasteiger charge is 2.23. The third kappa shape index (κ3) is 5.33. The second kappa shape index (κ2) is 9.38. The van der Waals surface area contributed by atoms with Gasteiger partial charge < -0.3 is 0 Å². The number of rotatable bonds is 7. The molecular formula is C23H28F3N. The van der Waals surface area contributed by atoms with Crippen LogP contribution in [-0.4, -0.2) is 4.98 Å². The van der Waals surface area contributed by atoms with Crippen LogP contribution < -0.4 is 0 Å². The maximum Gasteiger partial charge on any atom is 0.251 e. The van der Waals surface area contributed by atoms with Crippen LogP contribution in [0.4, 0.5) is 13.2 Å². The van der Waals surface area contributed by atoms with E-state index in [1.165, 1.54) is 24.0 Å². The minimum absolute atomic E-state index is 0.179. The Labute approximate surface area is 160 Å². The summed E-state index contributed by atoms with van der Waals surface area (Å²) in [5, 5.41) is 0. The third-order valence-electron chi connectivity index (χ3n) is 5.90. The average Bonchev–Trinajstić information content (AvgIpc) is 2.69. The van der Waals surface area contributed by atoms with Gasteiger partial charge in [0.1, 0.15) is 0 Å². The fraction of sp³-hybridized carbons (Fsp3) is 0.522. The molecule has 0 spiro atoms.